The number of β-lactam (4-membered cyclic amide) rings is 1. The molecule has 0 saturated carbocycles. The molecule has 1 aliphatic rings. The molecule has 1 heterocycles. The van der Waals surface area contributed by atoms with E-state index < -0.39 is 12.1 Å². The van der Waals surface area contributed by atoms with Crippen molar-refractivity contribution in [2.45, 2.75) is 32.9 Å². The smallest absolute Gasteiger partial charge is 0.338 e. The summed E-state index contributed by atoms with van der Waals surface area (Å²) in [6.45, 7) is 6.45. The normalized spacial score (nSPS) is 17.2. The Hall–Kier alpha value is -3.51. The molecule has 176 valence electrons. The number of halogens is 1. The quantitative estimate of drug-likeness (QED) is 0.303. The molecule has 7 heteroatoms. The molecule has 2 atom stereocenters. The van der Waals surface area contributed by atoms with Gasteiger partial charge in [-0.3, -0.25) is 9.69 Å². The molecule has 0 N–H and O–H groups in total. The van der Waals surface area contributed by atoms with Crippen LogP contribution in [0.2, 0.25) is 5.02 Å². The van der Waals surface area contributed by atoms with E-state index >= 15 is 0 Å². The van der Waals surface area contributed by atoms with Gasteiger partial charge in [0.1, 0.15) is 17.5 Å². The number of benzene rings is 3. The lowest BCUT2D eigenvalue weighted by Crippen LogP contribution is -2.61. The average molecular weight is 480 g/mol. The second kappa shape index (κ2) is 10.2. The molecule has 1 aliphatic heterocycles. The first-order valence-corrected chi connectivity index (χ1v) is 11.6. The average Bonchev–Trinajstić information content (AvgIpc) is 2.83. The molecule has 1 fully saturated rings. The second-order valence-electron chi connectivity index (χ2n) is 7.87. The first kappa shape index (κ1) is 23.6. The number of hydrogen-bond acceptors (Lipinski definition) is 5. The largest absolute Gasteiger partial charge is 0.494 e. The molecule has 1 saturated heterocycles. The third-order valence-electron chi connectivity index (χ3n) is 5.63. The molecule has 0 unspecified atom stereocenters. The number of hydrogen-bond donors (Lipinski definition) is 0. The lowest BCUT2D eigenvalue weighted by atomic mass is 9.89. The predicted octanol–water partition coefficient (Wildman–Crippen LogP) is 5.76. The van der Waals surface area contributed by atoms with Crippen LogP contribution in [0.4, 0.5) is 5.69 Å². The third kappa shape index (κ3) is 4.73. The highest BCUT2D eigenvalue weighted by molar-refractivity contribution is 6.30. The zero-order valence-electron chi connectivity index (χ0n) is 19.3. The Bertz CT molecular complexity index is 1180. The lowest BCUT2D eigenvalue weighted by Gasteiger charge is -2.46. The van der Waals surface area contributed by atoms with Crippen LogP contribution in [-0.2, 0) is 9.53 Å². The van der Waals surface area contributed by atoms with E-state index in [1.165, 1.54) is 0 Å². The highest BCUT2D eigenvalue weighted by atomic mass is 35.5. The van der Waals surface area contributed by atoms with Gasteiger partial charge in [0, 0.05) is 10.7 Å². The maximum absolute atomic E-state index is 13.3. The summed E-state index contributed by atoms with van der Waals surface area (Å²) >= 11 is 6.08. The van der Waals surface area contributed by atoms with Crippen molar-refractivity contribution in [1.29, 1.82) is 0 Å². The van der Waals surface area contributed by atoms with E-state index in [0.29, 0.717) is 35.2 Å². The number of amides is 1. The van der Waals surface area contributed by atoms with Crippen LogP contribution < -0.4 is 14.4 Å². The van der Waals surface area contributed by atoms with E-state index in [0.717, 1.165) is 16.9 Å². The molecule has 1 amide bonds. The van der Waals surface area contributed by atoms with Gasteiger partial charge in [0.15, 0.2) is 0 Å². The van der Waals surface area contributed by atoms with Crippen LogP contribution in [0.1, 0.15) is 41.4 Å². The monoisotopic (exact) mass is 479 g/mol. The Morgan fingerprint density at radius 1 is 0.971 bits per heavy atom. The van der Waals surface area contributed by atoms with Gasteiger partial charge < -0.3 is 14.2 Å². The minimum Gasteiger partial charge on any atom is -0.494 e. The molecule has 3 aromatic carbocycles. The zero-order chi connectivity index (χ0) is 24.2. The third-order valence-corrected chi connectivity index (χ3v) is 5.86. The van der Waals surface area contributed by atoms with Gasteiger partial charge in [-0.1, -0.05) is 23.7 Å². The Labute approximate surface area is 204 Å². The van der Waals surface area contributed by atoms with Gasteiger partial charge in [-0.05, 0) is 86.5 Å². The summed E-state index contributed by atoms with van der Waals surface area (Å²) in [4.78, 5) is 27.0. The van der Waals surface area contributed by atoms with Crippen LogP contribution in [0.3, 0.4) is 0 Å². The van der Waals surface area contributed by atoms with Crippen molar-refractivity contribution in [3.8, 4) is 11.5 Å². The summed E-state index contributed by atoms with van der Waals surface area (Å²) in [5.74, 6) is 0.799. The minimum atomic E-state index is -0.706. The number of anilines is 1. The number of carbonyl (C=O) groups excluding carboxylic acids is 2. The maximum Gasteiger partial charge on any atom is 0.338 e. The summed E-state index contributed by atoms with van der Waals surface area (Å²) in [6, 6.07) is 19.4. The van der Waals surface area contributed by atoms with E-state index in [9.17, 15) is 9.59 Å². The molecule has 0 spiro atoms. The fraction of sp³-hybridized carbons (Fsp3) is 0.259. The molecule has 0 radical (unpaired) electrons. The van der Waals surface area contributed by atoms with Crippen molar-refractivity contribution >= 4 is 29.2 Å². The van der Waals surface area contributed by atoms with Crippen molar-refractivity contribution in [2.24, 2.45) is 0 Å². The molecule has 4 rings (SSSR count). The van der Waals surface area contributed by atoms with Gasteiger partial charge in [-0.2, -0.15) is 0 Å². The number of carbonyl (C=O) groups is 2. The summed E-state index contributed by atoms with van der Waals surface area (Å²) < 4.78 is 16.8. The Morgan fingerprint density at radius 3 is 2.29 bits per heavy atom. The van der Waals surface area contributed by atoms with Crippen molar-refractivity contribution in [3.05, 3.63) is 88.4 Å². The van der Waals surface area contributed by atoms with Gasteiger partial charge in [-0.15, -0.1) is 0 Å². The van der Waals surface area contributed by atoms with Crippen LogP contribution >= 0.6 is 11.6 Å². The van der Waals surface area contributed by atoms with E-state index in [-0.39, 0.29) is 11.9 Å². The molecule has 0 bridgehead atoms. The van der Waals surface area contributed by atoms with Crippen LogP contribution in [0.15, 0.2) is 66.7 Å². The number of ether oxygens (including phenoxy) is 3. The van der Waals surface area contributed by atoms with E-state index in [2.05, 4.69) is 0 Å². The van der Waals surface area contributed by atoms with Crippen LogP contribution in [-0.4, -0.2) is 31.2 Å². The second-order valence-corrected chi connectivity index (χ2v) is 8.31. The summed E-state index contributed by atoms with van der Waals surface area (Å²) in [6.07, 6.45) is -0.706. The van der Waals surface area contributed by atoms with Crippen molar-refractivity contribution in [2.75, 3.05) is 18.1 Å². The van der Waals surface area contributed by atoms with Crippen molar-refractivity contribution in [3.63, 3.8) is 0 Å². The lowest BCUT2D eigenvalue weighted by molar-refractivity contribution is -0.135. The Morgan fingerprint density at radius 2 is 1.68 bits per heavy atom. The number of esters is 1. The molecular formula is C27H26ClNO5. The van der Waals surface area contributed by atoms with Gasteiger partial charge >= 0.3 is 5.97 Å². The van der Waals surface area contributed by atoms with E-state index in [4.69, 9.17) is 25.8 Å². The summed E-state index contributed by atoms with van der Waals surface area (Å²) in [7, 11) is 0. The summed E-state index contributed by atoms with van der Waals surface area (Å²) in [5, 5.41) is 0.608. The maximum atomic E-state index is 13.3. The van der Waals surface area contributed by atoms with Crippen LogP contribution in [0.25, 0.3) is 0 Å². The van der Waals surface area contributed by atoms with Gasteiger partial charge in [0.05, 0.1) is 18.8 Å². The molecule has 3 aromatic rings. The fourth-order valence-corrected chi connectivity index (χ4v) is 4.20. The van der Waals surface area contributed by atoms with E-state index in [1.54, 1.807) is 54.3 Å². The fourth-order valence-electron chi connectivity index (χ4n) is 3.97. The van der Waals surface area contributed by atoms with E-state index in [1.807, 2.05) is 38.1 Å². The van der Waals surface area contributed by atoms with Crippen molar-refractivity contribution < 1.29 is 23.8 Å². The molecule has 0 aliphatic carbocycles. The topological polar surface area (TPSA) is 65.1 Å². The molecule has 0 aromatic heterocycles. The highest BCUT2D eigenvalue weighted by Crippen LogP contribution is 2.42. The first-order valence-electron chi connectivity index (χ1n) is 11.2. The highest BCUT2D eigenvalue weighted by Gasteiger charge is 2.51. The van der Waals surface area contributed by atoms with Crippen LogP contribution in [0.5, 0.6) is 11.5 Å². The van der Waals surface area contributed by atoms with Crippen molar-refractivity contribution in [1.82, 2.24) is 0 Å². The standard InChI is InChI=1S/C27H26ClNO5/c1-4-32-22-13-8-18(9-14-22)24-25(34-23-15-10-20(28)16-17(23)3)26(30)29(24)21-11-6-19(7-12-21)27(31)33-5-2/h6-16,24-25H,4-5H2,1-3H3/t24-,25-/m0/s1. The zero-order valence-corrected chi connectivity index (χ0v) is 20.0. The van der Waals surface area contributed by atoms with Gasteiger partial charge in [0.25, 0.3) is 5.91 Å². The molecule has 34 heavy (non-hydrogen) atoms. The van der Waals surface area contributed by atoms with Crippen LogP contribution in [0, 0.1) is 6.92 Å². The Balaban J connectivity index is 1.65. The minimum absolute atomic E-state index is 0.169. The SMILES string of the molecule is CCOC(=O)c1ccc(N2C(=O)[C@@H](Oc3ccc(Cl)cc3C)[C@@H]2c2ccc(OCC)cc2)cc1. The Kier molecular flexibility index (Phi) is 7.08. The van der Waals surface area contributed by atoms with Gasteiger partial charge in [-0.25, -0.2) is 4.79 Å². The summed E-state index contributed by atoms with van der Waals surface area (Å²) in [5.41, 5.74) is 2.86. The molecular weight excluding hydrogens is 454 g/mol. The first-order chi connectivity index (χ1) is 16.4. The number of rotatable bonds is 8. The van der Waals surface area contributed by atoms with Gasteiger partial charge in [0.2, 0.25) is 6.10 Å². The predicted molar refractivity (Wildman–Crippen MR) is 131 cm³/mol. The number of aryl methyl sites for hydroxylation is 1. The molecule has 6 nitrogen and oxygen atoms in total. The number of nitrogens with zero attached hydrogens (tertiary/aromatic N) is 1.